The summed E-state index contributed by atoms with van der Waals surface area (Å²) in [4.78, 5) is 33.3. The van der Waals surface area contributed by atoms with Crippen LogP contribution in [0.4, 0.5) is 0 Å². The van der Waals surface area contributed by atoms with Crippen LogP contribution in [0.5, 0.6) is 5.75 Å². The topological polar surface area (TPSA) is 82.8 Å². The van der Waals surface area contributed by atoms with Gasteiger partial charge in [-0.2, -0.15) is 0 Å². The molecule has 0 unspecified atom stereocenters. The largest absolute Gasteiger partial charge is 0.489 e. The van der Waals surface area contributed by atoms with Gasteiger partial charge in [-0.1, -0.05) is 12.1 Å². The van der Waals surface area contributed by atoms with Gasteiger partial charge in [0.15, 0.2) is 0 Å². The van der Waals surface area contributed by atoms with Crippen LogP contribution in [0.25, 0.3) is 11.0 Å². The molecule has 0 saturated carbocycles. The van der Waals surface area contributed by atoms with Gasteiger partial charge in [0.05, 0.1) is 11.5 Å². The van der Waals surface area contributed by atoms with Gasteiger partial charge < -0.3 is 13.9 Å². The van der Waals surface area contributed by atoms with Gasteiger partial charge in [-0.15, -0.1) is 0 Å². The van der Waals surface area contributed by atoms with Gasteiger partial charge in [-0.25, -0.2) is 4.79 Å². The molecule has 6 heteroatoms. The Hall–Kier alpha value is -2.63. The average Bonchev–Trinajstić information content (AvgIpc) is 2.42. The summed E-state index contributed by atoms with van der Waals surface area (Å²) < 4.78 is 15.3. The van der Waals surface area contributed by atoms with Crippen LogP contribution in [0.15, 0.2) is 39.5 Å². The summed E-state index contributed by atoms with van der Waals surface area (Å²) >= 11 is 0. The SMILES string of the molecule is CC(=O)CC(=O)OCCOc1cc(=O)oc2ccccc12. The van der Waals surface area contributed by atoms with E-state index in [1.54, 1.807) is 24.3 Å². The van der Waals surface area contributed by atoms with Crippen LogP contribution in [0.2, 0.25) is 0 Å². The second-order valence-corrected chi connectivity index (χ2v) is 4.37. The van der Waals surface area contributed by atoms with E-state index in [1.165, 1.54) is 13.0 Å². The molecule has 0 N–H and O–H groups in total. The third kappa shape index (κ3) is 4.17. The fraction of sp³-hybridized carbons (Fsp3) is 0.267. The number of esters is 1. The Labute approximate surface area is 120 Å². The zero-order chi connectivity index (χ0) is 15.2. The lowest BCUT2D eigenvalue weighted by Gasteiger charge is -2.08. The number of hydrogen-bond donors (Lipinski definition) is 0. The smallest absolute Gasteiger partial charge is 0.339 e. The molecule has 0 spiro atoms. The van der Waals surface area contributed by atoms with Gasteiger partial charge in [0.25, 0.3) is 0 Å². The first-order chi connectivity index (χ1) is 10.1. The first-order valence-corrected chi connectivity index (χ1v) is 6.37. The molecule has 2 aromatic rings. The molecule has 6 nitrogen and oxygen atoms in total. The van der Waals surface area contributed by atoms with E-state index in [4.69, 9.17) is 13.9 Å². The number of carbonyl (C=O) groups is 2. The predicted molar refractivity (Wildman–Crippen MR) is 74.2 cm³/mol. The summed E-state index contributed by atoms with van der Waals surface area (Å²) in [6.07, 6.45) is -0.252. The molecular formula is C15H14O6. The zero-order valence-corrected chi connectivity index (χ0v) is 11.5. The highest BCUT2D eigenvalue weighted by atomic mass is 16.6. The number of ketones is 1. The molecule has 0 radical (unpaired) electrons. The van der Waals surface area contributed by atoms with Crippen LogP contribution < -0.4 is 10.4 Å². The van der Waals surface area contributed by atoms with Gasteiger partial charge >= 0.3 is 11.6 Å². The molecule has 0 bridgehead atoms. The molecule has 0 atom stereocenters. The van der Waals surface area contributed by atoms with Crippen molar-refractivity contribution in [3.63, 3.8) is 0 Å². The van der Waals surface area contributed by atoms with E-state index in [-0.39, 0.29) is 25.4 Å². The molecule has 0 aliphatic carbocycles. The van der Waals surface area contributed by atoms with Crippen molar-refractivity contribution in [1.29, 1.82) is 0 Å². The molecule has 1 aromatic carbocycles. The quantitative estimate of drug-likeness (QED) is 0.348. The first-order valence-electron chi connectivity index (χ1n) is 6.37. The molecule has 0 saturated heterocycles. The van der Waals surface area contributed by atoms with E-state index in [0.717, 1.165) is 0 Å². The van der Waals surface area contributed by atoms with E-state index >= 15 is 0 Å². The summed E-state index contributed by atoms with van der Waals surface area (Å²) in [5.74, 6) is -0.486. The Kier molecular flexibility index (Phi) is 4.71. The third-order valence-corrected chi connectivity index (χ3v) is 2.61. The minimum Gasteiger partial charge on any atom is -0.489 e. The summed E-state index contributed by atoms with van der Waals surface area (Å²) in [7, 11) is 0. The molecule has 0 aliphatic rings. The Bertz CT molecular complexity index is 715. The minimum atomic E-state index is -0.594. The lowest BCUT2D eigenvalue weighted by molar-refractivity contribution is -0.146. The highest BCUT2D eigenvalue weighted by molar-refractivity contribution is 5.94. The van der Waals surface area contributed by atoms with E-state index in [1.807, 2.05) is 0 Å². The van der Waals surface area contributed by atoms with Crippen molar-refractivity contribution in [1.82, 2.24) is 0 Å². The summed E-state index contributed by atoms with van der Waals surface area (Å²) in [6.45, 7) is 1.39. The molecule has 0 aliphatic heterocycles. The predicted octanol–water partition coefficient (Wildman–Crippen LogP) is 1.69. The number of rotatable bonds is 6. The van der Waals surface area contributed by atoms with Crippen LogP contribution in [-0.2, 0) is 14.3 Å². The number of para-hydroxylation sites is 1. The highest BCUT2D eigenvalue weighted by Gasteiger charge is 2.08. The van der Waals surface area contributed by atoms with Crippen molar-refractivity contribution in [2.24, 2.45) is 0 Å². The molecule has 1 heterocycles. The van der Waals surface area contributed by atoms with Crippen LogP contribution in [-0.4, -0.2) is 25.0 Å². The number of fused-ring (bicyclic) bond motifs is 1. The van der Waals surface area contributed by atoms with E-state index < -0.39 is 11.6 Å². The van der Waals surface area contributed by atoms with Crippen molar-refractivity contribution in [3.05, 3.63) is 40.8 Å². The van der Waals surface area contributed by atoms with E-state index in [9.17, 15) is 14.4 Å². The lowest BCUT2D eigenvalue weighted by atomic mass is 10.2. The number of Topliss-reactive ketones (excluding diaryl/α,β-unsaturated/α-hetero) is 1. The highest BCUT2D eigenvalue weighted by Crippen LogP contribution is 2.22. The molecular weight excluding hydrogens is 276 g/mol. The molecule has 1 aromatic heterocycles. The van der Waals surface area contributed by atoms with Gasteiger partial charge in [0, 0.05) is 0 Å². The summed E-state index contributed by atoms with van der Waals surface area (Å²) in [6, 6.07) is 8.20. The molecule has 2 rings (SSSR count). The van der Waals surface area contributed by atoms with Crippen molar-refractivity contribution in [3.8, 4) is 5.75 Å². The molecule has 21 heavy (non-hydrogen) atoms. The normalized spacial score (nSPS) is 10.3. The maximum absolute atomic E-state index is 11.4. The minimum absolute atomic E-state index is 0.000663. The van der Waals surface area contributed by atoms with Crippen molar-refractivity contribution in [2.45, 2.75) is 13.3 Å². The van der Waals surface area contributed by atoms with Crippen LogP contribution in [0, 0.1) is 0 Å². The summed E-state index contributed by atoms with van der Waals surface area (Å²) in [5, 5.41) is 0.659. The first kappa shape index (κ1) is 14.8. The second-order valence-electron chi connectivity index (χ2n) is 4.37. The Morgan fingerprint density at radius 1 is 1.19 bits per heavy atom. The van der Waals surface area contributed by atoms with Gasteiger partial charge in [-0.05, 0) is 19.1 Å². The Morgan fingerprint density at radius 3 is 2.71 bits per heavy atom. The fourth-order valence-corrected chi connectivity index (χ4v) is 1.76. The monoisotopic (exact) mass is 290 g/mol. The Balaban J connectivity index is 1.96. The standard InChI is InChI=1S/C15H14O6/c1-10(16)8-14(17)20-7-6-19-13-9-15(18)21-12-5-3-2-4-11(12)13/h2-5,9H,6-8H2,1H3. The fourth-order valence-electron chi connectivity index (χ4n) is 1.76. The average molecular weight is 290 g/mol. The molecule has 110 valence electrons. The van der Waals surface area contributed by atoms with Gasteiger partial charge in [0.1, 0.15) is 36.8 Å². The number of ether oxygens (including phenoxy) is 2. The Morgan fingerprint density at radius 2 is 1.95 bits per heavy atom. The van der Waals surface area contributed by atoms with Crippen LogP contribution in [0.1, 0.15) is 13.3 Å². The van der Waals surface area contributed by atoms with Crippen LogP contribution in [0.3, 0.4) is 0 Å². The van der Waals surface area contributed by atoms with Gasteiger partial charge in [-0.3, -0.25) is 9.59 Å². The number of carbonyl (C=O) groups excluding carboxylic acids is 2. The molecule has 0 amide bonds. The van der Waals surface area contributed by atoms with E-state index in [2.05, 4.69) is 0 Å². The van der Waals surface area contributed by atoms with Crippen molar-refractivity contribution < 1.29 is 23.5 Å². The van der Waals surface area contributed by atoms with E-state index in [0.29, 0.717) is 16.7 Å². The maximum Gasteiger partial charge on any atom is 0.339 e. The summed E-state index contributed by atoms with van der Waals surface area (Å²) in [5.41, 5.74) is -0.0918. The van der Waals surface area contributed by atoms with Gasteiger partial charge in [0.2, 0.25) is 0 Å². The second kappa shape index (κ2) is 6.69. The maximum atomic E-state index is 11.4. The third-order valence-electron chi connectivity index (χ3n) is 2.61. The zero-order valence-electron chi connectivity index (χ0n) is 11.5. The van der Waals surface area contributed by atoms with Crippen molar-refractivity contribution >= 4 is 22.7 Å². The molecule has 0 fully saturated rings. The lowest BCUT2D eigenvalue weighted by Crippen LogP contribution is -2.14. The number of benzene rings is 1. The van der Waals surface area contributed by atoms with Crippen LogP contribution >= 0.6 is 0 Å². The number of hydrogen-bond acceptors (Lipinski definition) is 6. The van der Waals surface area contributed by atoms with Crippen molar-refractivity contribution in [2.75, 3.05) is 13.2 Å².